The lowest BCUT2D eigenvalue weighted by Crippen LogP contribution is -2.23. The minimum absolute atomic E-state index is 0.661. The second kappa shape index (κ2) is 5.92. The number of hydrogen-bond acceptors (Lipinski definition) is 2. The van der Waals surface area contributed by atoms with Gasteiger partial charge in [-0.1, -0.05) is 25.5 Å². The second-order valence-electron chi connectivity index (χ2n) is 5.20. The van der Waals surface area contributed by atoms with Crippen molar-refractivity contribution in [1.29, 1.82) is 0 Å². The molecule has 2 heteroatoms. The normalized spacial score (nSPS) is 17.1. The highest BCUT2D eigenvalue weighted by atomic mass is 32.2. The minimum Gasteiger partial charge on any atom is -0.312 e. The third-order valence-electron chi connectivity index (χ3n) is 3.73. The van der Waals surface area contributed by atoms with Crippen molar-refractivity contribution in [3.63, 3.8) is 0 Å². The van der Waals surface area contributed by atoms with Gasteiger partial charge in [-0.25, -0.2) is 0 Å². The molecule has 0 spiro atoms. The highest BCUT2D eigenvalue weighted by Gasteiger charge is 2.40. The van der Waals surface area contributed by atoms with Crippen LogP contribution in [-0.2, 0) is 6.54 Å². The Hall–Kier alpha value is -0.470. The van der Waals surface area contributed by atoms with Crippen LogP contribution in [0.4, 0.5) is 0 Å². The first-order valence-corrected chi connectivity index (χ1v) is 7.84. The Kier molecular flexibility index (Phi) is 4.52. The quantitative estimate of drug-likeness (QED) is 0.731. The van der Waals surface area contributed by atoms with Gasteiger partial charge in [-0.15, -0.1) is 11.8 Å². The lowest BCUT2D eigenvalue weighted by Gasteiger charge is -2.14. The zero-order valence-corrected chi connectivity index (χ0v) is 11.8. The van der Waals surface area contributed by atoms with Gasteiger partial charge in [0.2, 0.25) is 0 Å². The van der Waals surface area contributed by atoms with Crippen LogP contribution in [0.25, 0.3) is 0 Å². The van der Waals surface area contributed by atoms with Gasteiger partial charge in [-0.05, 0) is 48.6 Å². The van der Waals surface area contributed by atoms with Crippen LogP contribution in [-0.4, -0.2) is 12.8 Å². The molecule has 0 heterocycles. The summed E-state index contributed by atoms with van der Waals surface area (Å²) in [5.74, 6) is 0. The molecule has 0 radical (unpaired) electrons. The van der Waals surface area contributed by atoms with Crippen molar-refractivity contribution < 1.29 is 0 Å². The summed E-state index contributed by atoms with van der Waals surface area (Å²) in [7, 11) is 0. The smallest absolute Gasteiger partial charge is 0.0205 e. The van der Waals surface area contributed by atoms with E-state index in [2.05, 4.69) is 42.8 Å². The fourth-order valence-corrected chi connectivity index (χ4v) is 2.85. The Balaban J connectivity index is 1.74. The summed E-state index contributed by atoms with van der Waals surface area (Å²) >= 11 is 1.80. The number of hydrogen-bond donors (Lipinski definition) is 1. The van der Waals surface area contributed by atoms with E-state index in [9.17, 15) is 0 Å². The molecular weight excluding hydrogens is 226 g/mol. The summed E-state index contributed by atoms with van der Waals surface area (Å²) in [5.41, 5.74) is 2.06. The van der Waals surface area contributed by atoms with Crippen molar-refractivity contribution in [2.45, 2.75) is 44.0 Å². The SMILES string of the molecule is CCCC1(CNCc2ccc(SC)cc2)CC1. The molecule has 0 saturated heterocycles. The molecule has 0 unspecified atom stereocenters. The predicted octanol–water partition coefficient (Wildman–Crippen LogP) is 4.08. The molecule has 1 N–H and O–H groups in total. The van der Waals surface area contributed by atoms with E-state index in [1.807, 2.05) is 0 Å². The molecule has 2 rings (SSSR count). The topological polar surface area (TPSA) is 12.0 Å². The molecule has 1 saturated carbocycles. The minimum atomic E-state index is 0.661. The lowest BCUT2D eigenvalue weighted by molar-refractivity contribution is 0.421. The van der Waals surface area contributed by atoms with Crippen LogP contribution in [0.5, 0.6) is 0 Å². The van der Waals surface area contributed by atoms with Crippen molar-refractivity contribution >= 4 is 11.8 Å². The van der Waals surface area contributed by atoms with Crippen molar-refractivity contribution in [3.05, 3.63) is 29.8 Å². The summed E-state index contributed by atoms with van der Waals surface area (Å²) in [6.07, 6.45) is 7.70. The molecule has 0 bridgehead atoms. The van der Waals surface area contributed by atoms with Gasteiger partial charge in [0.25, 0.3) is 0 Å². The van der Waals surface area contributed by atoms with E-state index in [0.29, 0.717) is 5.41 Å². The highest BCUT2D eigenvalue weighted by molar-refractivity contribution is 7.98. The van der Waals surface area contributed by atoms with E-state index >= 15 is 0 Å². The molecule has 0 amide bonds. The van der Waals surface area contributed by atoms with Gasteiger partial charge >= 0.3 is 0 Å². The highest BCUT2D eigenvalue weighted by Crippen LogP contribution is 2.48. The molecule has 1 aromatic rings. The standard InChI is InChI=1S/C15H23NS/c1-3-8-15(9-10-15)12-16-11-13-4-6-14(17-2)7-5-13/h4-7,16H,3,8-12H2,1-2H3. The number of thioether (sulfide) groups is 1. The first-order chi connectivity index (χ1) is 8.28. The Morgan fingerprint density at radius 1 is 1.24 bits per heavy atom. The largest absolute Gasteiger partial charge is 0.312 e. The zero-order valence-electron chi connectivity index (χ0n) is 11.0. The Labute approximate surface area is 109 Å². The van der Waals surface area contributed by atoms with Crippen molar-refractivity contribution in [2.24, 2.45) is 5.41 Å². The number of benzene rings is 1. The third-order valence-corrected chi connectivity index (χ3v) is 4.47. The van der Waals surface area contributed by atoms with Crippen LogP contribution in [0.2, 0.25) is 0 Å². The van der Waals surface area contributed by atoms with E-state index in [-0.39, 0.29) is 0 Å². The molecule has 0 atom stereocenters. The summed E-state index contributed by atoms with van der Waals surface area (Å²) < 4.78 is 0. The molecule has 17 heavy (non-hydrogen) atoms. The van der Waals surface area contributed by atoms with Crippen LogP contribution in [0.1, 0.15) is 38.2 Å². The lowest BCUT2D eigenvalue weighted by atomic mass is 10.0. The summed E-state index contributed by atoms with van der Waals surface area (Å²) in [6.45, 7) is 4.51. The Morgan fingerprint density at radius 2 is 1.94 bits per heavy atom. The molecule has 1 aliphatic rings. The van der Waals surface area contributed by atoms with Crippen molar-refractivity contribution in [1.82, 2.24) is 5.32 Å². The second-order valence-corrected chi connectivity index (χ2v) is 6.08. The molecule has 94 valence electrons. The molecule has 0 aromatic heterocycles. The van der Waals surface area contributed by atoms with E-state index in [0.717, 1.165) is 6.54 Å². The third kappa shape index (κ3) is 3.75. The molecule has 1 aromatic carbocycles. The molecule has 1 fully saturated rings. The average molecular weight is 249 g/mol. The number of nitrogens with one attached hydrogen (secondary N) is 1. The van der Waals surface area contributed by atoms with Gasteiger partial charge in [0.15, 0.2) is 0 Å². The Morgan fingerprint density at radius 3 is 2.47 bits per heavy atom. The summed E-state index contributed by atoms with van der Waals surface area (Å²) in [6, 6.07) is 8.89. The van der Waals surface area contributed by atoms with E-state index < -0.39 is 0 Å². The fourth-order valence-electron chi connectivity index (χ4n) is 2.44. The van der Waals surface area contributed by atoms with Crippen molar-refractivity contribution in [3.8, 4) is 0 Å². The Bertz CT molecular complexity index is 340. The molecular formula is C15H23NS. The van der Waals surface area contributed by atoms with Gasteiger partial charge in [-0.3, -0.25) is 0 Å². The van der Waals surface area contributed by atoms with Gasteiger partial charge in [0, 0.05) is 18.0 Å². The van der Waals surface area contributed by atoms with E-state index in [4.69, 9.17) is 0 Å². The predicted molar refractivity (Wildman–Crippen MR) is 76.5 cm³/mol. The van der Waals surface area contributed by atoms with Crippen LogP contribution in [0.3, 0.4) is 0 Å². The maximum absolute atomic E-state index is 3.62. The van der Waals surface area contributed by atoms with Gasteiger partial charge in [0.1, 0.15) is 0 Å². The van der Waals surface area contributed by atoms with E-state index in [1.54, 1.807) is 11.8 Å². The number of rotatable bonds is 7. The van der Waals surface area contributed by atoms with Gasteiger partial charge < -0.3 is 5.32 Å². The fraction of sp³-hybridized carbons (Fsp3) is 0.600. The summed E-state index contributed by atoms with van der Waals surface area (Å²) in [5, 5.41) is 3.62. The van der Waals surface area contributed by atoms with Crippen LogP contribution in [0.15, 0.2) is 29.2 Å². The van der Waals surface area contributed by atoms with Crippen LogP contribution in [0, 0.1) is 5.41 Å². The average Bonchev–Trinajstić information content (AvgIpc) is 3.11. The monoisotopic (exact) mass is 249 g/mol. The molecule has 0 aliphatic heterocycles. The van der Waals surface area contributed by atoms with Gasteiger partial charge in [0.05, 0.1) is 0 Å². The molecule has 1 nitrogen and oxygen atoms in total. The first-order valence-electron chi connectivity index (χ1n) is 6.62. The first kappa shape index (κ1) is 13.0. The van der Waals surface area contributed by atoms with Crippen LogP contribution < -0.4 is 5.32 Å². The maximum atomic E-state index is 3.62. The van der Waals surface area contributed by atoms with Crippen LogP contribution >= 0.6 is 11.8 Å². The zero-order chi connectivity index (χ0) is 12.1. The maximum Gasteiger partial charge on any atom is 0.0205 e. The van der Waals surface area contributed by atoms with E-state index in [1.165, 1.54) is 42.7 Å². The van der Waals surface area contributed by atoms with Gasteiger partial charge in [-0.2, -0.15) is 0 Å². The van der Waals surface area contributed by atoms with Crippen molar-refractivity contribution in [2.75, 3.05) is 12.8 Å². The molecule has 1 aliphatic carbocycles. The summed E-state index contributed by atoms with van der Waals surface area (Å²) in [4.78, 5) is 1.35.